The summed E-state index contributed by atoms with van der Waals surface area (Å²) in [5.41, 5.74) is 1.07. The van der Waals surface area contributed by atoms with Gasteiger partial charge in [-0.1, -0.05) is 19.1 Å². The Labute approximate surface area is 131 Å². The number of benzene rings is 1. The molecule has 0 aromatic heterocycles. The molecule has 0 amide bonds. The minimum atomic E-state index is -0.123. The summed E-state index contributed by atoms with van der Waals surface area (Å²) in [6, 6.07) is 6.30. The summed E-state index contributed by atoms with van der Waals surface area (Å²) < 4.78 is 10.8. The number of methoxy groups -OCH3 is 2. The molecular formula is C18H23NO3. The van der Waals surface area contributed by atoms with Gasteiger partial charge in [-0.25, -0.2) is 0 Å². The molecule has 1 heterocycles. The van der Waals surface area contributed by atoms with Gasteiger partial charge in [0.2, 0.25) is 0 Å². The second-order valence-electron chi connectivity index (χ2n) is 6.31. The molecule has 1 saturated heterocycles. The predicted octanol–water partition coefficient (Wildman–Crippen LogP) is 2.42. The van der Waals surface area contributed by atoms with Crippen molar-refractivity contribution in [3.63, 3.8) is 0 Å². The van der Waals surface area contributed by atoms with Crippen molar-refractivity contribution in [2.75, 3.05) is 27.8 Å². The fourth-order valence-electron chi connectivity index (χ4n) is 4.13. The van der Waals surface area contributed by atoms with Gasteiger partial charge in [-0.15, -0.1) is 0 Å². The van der Waals surface area contributed by atoms with Crippen molar-refractivity contribution >= 4 is 5.78 Å². The molecule has 0 N–H and O–H groups in total. The van der Waals surface area contributed by atoms with Crippen LogP contribution in [0.25, 0.3) is 0 Å². The molecule has 2 aliphatic rings. The van der Waals surface area contributed by atoms with Crippen LogP contribution in [0.3, 0.4) is 0 Å². The number of fused-ring (bicyclic) bond motifs is 1. The van der Waals surface area contributed by atoms with Crippen molar-refractivity contribution in [2.24, 2.45) is 5.92 Å². The van der Waals surface area contributed by atoms with Gasteiger partial charge >= 0.3 is 0 Å². The van der Waals surface area contributed by atoms with Gasteiger partial charge in [-0.3, -0.25) is 4.79 Å². The molecule has 4 nitrogen and oxygen atoms in total. The number of allylic oxidation sites excluding steroid dienone is 1. The second kappa shape index (κ2) is 5.43. The quantitative estimate of drug-likeness (QED) is 0.859. The summed E-state index contributed by atoms with van der Waals surface area (Å²) >= 11 is 0. The highest BCUT2D eigenvalue weighted by Gasteiger charge is 2.51. The van der Waals surface area contributed by atoms with Crippen molar-refractivity contribution in [1.82, 2.24) is 4.90 Å². The van der Waals surface area contributed by atoms with Crippen molar-refractivity contribution in [2.45, 2.75) is 24.8 Å². The molecule has 1 aromatic rings. The first-order valence-electron chi connectivity index (χ1n) is 7.69. The Balaban J connectivity index is 2.12. The van der Waals surface area contributed by atoms with Gasteiger partial charge in [0.25, 0.3) is 0 Å². The van der Waals surface area contributed by atoms with Crippen molar-refractivity contribution in [3.05, 3.63) is 35.9 Å². The number of likely N-dealkylation sites (N-methyl/N-ethyl adjacent to an activating group) is 1. The molecular weight excluding hydrogens is 278 g/mol. The summed E-state index contributed by atoms with van der Waals surface area (Å²) in [5.74, 6) is 1.69. The Morgan fingerprint density at radius 3 is 2.64 bits per heavy atom. The molecule has 1 fully saturated rings. The van der Waals surface area contributed by atoms with Crippen LogP contribution in [-0.2, 0) is 10.2 Å². The number of ketones is 1. The fourth-order valence-corrected chi connectivity index (χ4v) is 4.13. The van der Waals surface area contributed by atoms with E-state index in [4.69, 9.17) is 9.47 Å². The van der Waals surface area contributed by atoms with Gasteiger partial charge in [0.05, 0.1) is 14.2 Å². The summed E-state index contributed by atoms with van der Waals surface area (Å²) in [7, 11) is 5.40. The largest absolute Gasteiger partial charge is 0.493 e. The Morgan fingerprint density at radius 2 is 1.95 bits per heavy atom. The van der Waals surface area contributed by atoms with Gasteiger partial charge in [-0.2, -0.15) is 0 Å². The summed E-state index contributed by atoms with van der Waals surface area (Å²) in [6.07, 6.45) is 4.87. The summed E-state index contributed by atoms with van der Waals surface area (Å²) in [5, 5.41) is 0. The van der Waals surface area contributed by atoms with Gasteiger partial charge in [0.15, 0.2) is 17.3 Å². The van der Waals surface area contributed by atoms with E-state index < -0.39 is 0 Å². The smallest absolute Gasteiger partial charge is 0.161 e. The highest BCUT2D eigenvalue weighted by Crippen LogP contribution is 2.48. The minimum absolute atomic E-state index is 0.00518. The highest BCUT2D eigenvalue weighted by molar-refractivity contribution is 5.94. The average molecular weight is 301 g/mol. The van der Waals surface area contributed by atoms with Crippen LogP contribution in [0.15, 0.2) is 30.4 Å². The van der Waals surface area contributed by atoms with Crippen LogP contribution >= 0.6 is 0 Å². The second-order valence-corrected chi connectivity index (χ2v) is 6.31. The van der Waals surface area contributed by atoms with E-state index in [-0.39, 0.29) is 23.2 Å². The third kappa shape index (κ3) is 2.05. The molecule has 0 bridgehead atoms. The lowest BCUT2D eigenvalue weighted by molar-refractivity contribution is -0.120. The number of nitrogens with zero attached hydrogens (tertiary/aromatic N) is 1. The van der Waals surface area contributed by atoms with E-state index >= 15 is 0 Å². The van der Waals surface area contributed by atoms with Gasteiger partial charge in [-0.05, 0) is 43.8 Å². The summed E-state index contributed by atoms with van der Waals surface area (Å²) in [4.78, 5) is 14.4. The number of carbonyl (C=O) groups excluding carboxylic acids is 1. The van der Waals surface area contributed by atoms with E-state index in [2.05, 4.69) is 30.2 Å². The van der Waals surface area contributed by atoms with Crippen molar-refractivity contribution in [1.29, 1.82) is 0 Å². The standard InChI is InChI=1S/C18H23NO3/c1-12-14(20)7-8-18(9-10-19(2)17(12)18)13-5-6-15(21-3)16(11-13)22-4/h5-8,11-12,17H,9-10H2,1-4H3. The Hall–Kier alpha value is -1.81. The number of hydrogen-bond donors (Lipinski definition) is 0. The zero-order valence-electron chi connectivity index (χ0n) is 13.6. The molecule has 3 atom stereocenters. The maximum absolute atomic E-state index is 12.1. The Morgan fingerprint density at radius 1 is 1.23 bits per heavy atom. The van der Waals surface area contributed by atoms with Crippen LogP contribution in [0, 0.1) is 5.92 Å². The first-order chi connectivity index (χ1) is 10.5. The van der Waals surface area contributed by atoms with Gasteiger partial charge in [0, 0.05) is 17.4 Å². The van der Waals surface area contributed by atoms with Crippen LogP contribution in [0.5, 0.6) is 11.5 Å². The molecule has 4 heteroatoms. The topological polar surface area (TPSA) is 38.8 Å². The highest BCUT2D eigenvalue weighted by atomic mass is 16.5. The normalized spacial score (nSPS) is 31.2. The molecule has 0 spiro atoms. The molecule has 118 valence electrons. The van der Waals surface area contributed by atoms with E-state index in [0.717, 1.165) is 24.5 Å². The summed E-state index contributed by atoms with van der Waals surface area (Å²) in [6.45, 7) is 3.02. The van der Waals surface area contributed by atoms with Crippen molar-refractivity contribution < 1.29 is 14.3 Å². The van der Waals surface area contributed by atoms with Crippen LogP contribution in [0.1, 0.15) is 18.9 Å². The maximum atomic E-state index is 12.1. The number of carbonyl (C=O) groups is 1. The number of hydrogen-bond acceptors (Lipinski definition) is 4. The van der Waals surface area contributed by atoms with Crippen LogP contribution < -0.4 is 9.47 Å². The van der Waals surface area contributed by atoms with Crippen LogP contribution in [-0.4, -0.2) is 44.5 Å². The Bertz CT molecular complexity index is 625. The van der Waals surface area contributed by atoms with E-state index in [1.54, 1.807) is 20.3 Å². The third-order valence-electron chi connectivity index (χ3n) is 5.27. The van der Waals surface area contributed by atoms with E-state index in [1.807, 2.05) is 13.0 Å². The van der Waals surface area contributed by atoms with E-state index in [1.165, 1.54) is 5.56 Å². The van der Waals surface area contributed by atoms with Crippen molar-refractivity contribution in [3.8, 4) is 11.5 Å². The third-order valence-corrected chi connectivity index (χ3v) is 5.27. The SMILES string of the molecule is COc1ccc(C23C=CC(=O)C(C)C2N(C)CC3)cc1OC. The first kappa shape index (κ1) is 15.1. The zero-order valence-corrected chi connectivity index (χ0v) is 13.6. The Kier molecular flexibility index (Phi) is 3.73. The zero-order chi connectivity index (χ0) is 15.9. The van der Waals surface area contributed by atoms with E-state index in [0.29, 0.717) is 0 Å². The molecule has 1 aliphatic carbocycles. The molecule has 3 rings (SSSR count). The fraction of sp³-hybridized carbons (Fsp3) is 0.500. The number of rotatable bonds is 3. The molecule has 1 aromatic carbocycles. The van der Waals surface area contributed by atoms with Crippen LogP contribution in [0.4, 0.5) is 0 Å². The molecule has 0 radical (unpaired) electrons. The van der Waals surface area contributed by atoms with E-state index in [9.17, 15) is 4.79 Å². The lowest BCUT2D eigenvalue weighted by Gasteiger charge is -2.41. The van der Waals surface area contributed by atoms with Gasteiger partial charge < -0.3 is 14.4 Å². The van der Waals surface area contributed by atoms with Gasteiger partial charge in [0.1, 0.15) is 0 Å². The number of ether oxygens (including phenoxy) is 2. The molecule has 0 saturated carbocycles. The maximum Gasteiger partial charge on any atom is 0.161 e. The average Bonchev–Trinajstić information content (AvgIpc) is 2.89. The molecule has 22 heavy (non-hydrogen) atoms. The molecule has 3 unspecified atom stereocenters. The lowest BCUT2D eigenvalue weighted by atomic mass is 9.66. The molecule has 1 aliphatic heterocycles. The van der Waals surface area contributed by atoms with Crippen LogP contribution in [0.2, 0.25) is 0 Å². The monoisotopic (exact) mass is 301 g/mol. The number of likely N-dealkylation sites (tertiary alicyclic amines) is 1. The minimum Gasteiger partial charge on any atom is -0.493 e. The first-order valence-corrected chi connectivity index (χ1v) is 7.69. The lowest BCUT2D eigenvalue weighted by Crippen LogP contribution is -2.49. The predicted molar refractivity (Wildman–Crippen MR) is 85.6 cm³/mol.